The molecule has 0 bridgehead atoms. The summed E-state index contributed by atoms with van der Waals surface area (Å²) in [6.07, 6.45) is -0.233. The van der Waals surface area contributed by atoms with Gasteiger partial charge in [0.2, 0.25) is 0 Å². The molecule has 1 N–H and O–H groups in total. The molecule has 2 rings (SSSR count). The van der Waals surface area contributed by atoms with Gasteiger partial charge < -0.3 is 5.11 Å². The van der Waals surface area contributed by atoms with E-state index in [0.717, 1.165) is 16.0 Å². The van der Waals surface area contributed by atoms with Crippen LogP contribution in [0.15, 0.2) is 12.1 Å². The standard InChI is InChI=1S/C13H13NO4/c1-7-3-4-8(2)11-10(7)12(17)14(13(11)18)6-5-9(15)16/h3-4H,5-6H2,1-2H3,(H,15,16). The van der Waals surface area contributed by atoms with Gasteiger partial charge in [-0.15, -0.1) is 0 Å². The van der Waals surface area contributed by atoms with Crippen LogP contribution in [0.4, 0.5) is 0 Å². The lowest BCUT2D eigenvalue weighted by molar-refractivity contribution is -0.137. The van der Waals surface area contributed by atoms with E-state index in [-0.39, 0.29) is 13.0 Å². The molecule has 0 unspecified atom stereocenters. The number of carboxylic acid groups (broad SMARTS) is 1. The maximum atomic E-state index is 12.1. The summed E-state index contributed by atoms with van der Waals surface area (Å²) in [6, 6.07) is 3.58. The number of imide groups is 1. The van der Waals surface area contributed by atoms with Gasteiger partial charge in [0, 0.05) is 6.54 Å². The lowest BCUT2D eigenvalue weighted by Crippen LogP contribution is -2.32. The Labute approximate surface area is 104 Å². The molecule has 94 valence electrons. The fourth-order valence-corrected chi connectivity index (χ4v) is 2.13. The van der Waals surface area contributed by atoms with Crippen LogP contribution in [0.25, 0.3) is 0 Å². The van der Waals surface area contributed by atoms with Gasteiger partial charge in [0.1, 0.15) is 0 Å². The molecule has 18 heavy (non-hydrogen) atoms. The topological polar surface area (TPSA) is 74.7 Å². The van der Waals surface area contributed by atoms with E-state index in [2.05, 4.69) is 0 Å². The van der Waals surface area contributed by atoms with Gasteiger partial charge in [-0.2, -0.15) is 0 Å². The monoisotopic (exact) mass is 247 g/mol. The molecule has 1 heterocycles. The summed E-state index contributed by atoms with van der Waals surface area (Å²) >= 11 is 0. The lowest BCUT2D eigenvalue weighted by Gasteiger charge is -2.11. The Kier molecular flexibility index (Phi) is 2.90. The van der Waals surface area contributed by atoms with Crippen LogP contribution in [0.2, 0.25) is 0 Å². The highest BCUT2D eigenvalue weighted by molar-refractivity contribution is 6.22. The van der Waals surface area contributed by atoms with Crippen molar-refractivity contribution in [3.05, 3.63) is 34.4 Å². The van der Waals surface area contributed by atoms with E-state index < -0.39 is 17.8 Å². The average Bonchev–Trinajstić information content (AvgIpc) is 2.55. The molecular formula is C13H13NO4. The number of amides is 2. The fourth-order valence-electron chi connectivity index (χ4n) is 2.13. The molecule has 0 aromatic heterocycles. The molecule has 0 saturated carbocycles. The highest BCUT2D eigenvalue weighted by atomic mass is 16.4. The van der Waals surface area contributed by atoms with Crippen molar-refractivity contribution in [1.29, 1.82) is 0 Å². The summed E-state index contributed by atoms with van der Waals surface area (Å²) in [4.78, 5) is 35.7. The predicted molar refractivity (Wildman–Crippen MR) is 63.5 cm³/mol. The summed E-state index contributed by atoms with van der Waals surface area (Å²) in [6.45, 7) is 3.45. The lowest BCUT2D eigenvalue weighted by atomic mass is 9.99. The van der Waals surface area contributed by atoms with Gasteiger partial charge in [0.25, 0.3) is 11.8 Å². The van der Waals surface area contributed by atoms with Crippen molar-refractivity contribution >= 4 is 17.8 Å². The SMILES string of the molecule is Cc1ccc(C)c2c1C(=O)N(CCC(=O)O)C2=O. The van der Waals surface area contributed by atoms with Gasteiger partial charge in [-0.25, -0.2) is 0 Å². The first-order valence-corrected chi connectivity index (χ1v) is 5.61. The third-order valence-electron chi connectivity index (χ3n) is 3.09. The van der Waals surface area contributed by atoms with Gasteiger partial charge >= 0.3 is 5.97 Å². The van der Waals surface area contributed by atoms with Crippen molar-refractivity contribution in [2.24, 2.45) is 0 Å². The number of carbonyl (C=O) groups excluding carboxylic acids is 2. The number of fused-ring (bicyclic) bond motifs is 1. The average molecular weight is 247 g/mol. The summed E-state index contributed by atoms with van der Waals surface area (Å²) in [7, 11) is 0. The Morgan fingerprint density at radius 2 is 1.56 bits per heavy atom. The zero-order valence-corrected chi connectivity index (χ0v) is 10.2. The van der Waals surface area contributed by atoms with Gasteiger partial charge in [-0.1, -0.05) is 12.1 Å². The Bertz CT molecular complexity index is 521. The summed E-state index contributed by atoms with van der Waals surface area (Å²) in [5.74, 6) is -1.81. The molecule has 1 aromatic rings. The molecule has 1 aliphatic heterocycles. The Balaban J connectivity index is 2.41. The number of benzene rings is 1. The van der Waals surface area contributed by atoms with Gasteiger partial charge in [0.15, 0.2) is 0 Å². The number of hydrogen-bond acceptors (Lipinski definition) is 3. The van der Waals surface area contributed by atoms with Gasteiger partial charge in [-0.3, -0.25) is 19.3 Å². The molecule has 1 aliphatic rings. The maximum absolute atomic E-state index is 12.1. The number of nitrogens with zero attached hydrogens (tertiary/aromatic N) is 1. The van der Waals surface area contributed by atoms with Crippen LogP contribution >= 0.6 is 0 Å². The highest BCUT2D eigenvalue weighted by Crippen LogP contribution is 2.28. The van der Waals surface area contributed by atoms with E-state index in [1.807, 2.05) is 0 Å². The van der Waals surface area contributed by atoms with Crippen molar-refractivity contribution in [3.63, 3.8) is 0 Å². The fraction of sp³-hybridized carbons (Fsp3) is 0.308. The molecule has 5 nitrogen and oxygen atoms in total. The highest BCUT2D eigenvalue weighted by Gasteiger charge is 2.37. The number of carbonyl (C=O) groups is 3. The smallest absolute Gasteiger partial charge is 0.305 e. The van der Waals surface area contributed by atoms with Gasteiger partial charge in [0.05, 0.1) is 17.5 Å². The van der Waals surface area contributed by atoms with E-state index in [9.17, 15) is 14.4 Å². The maximum Gasteiger partial charge on any atom is 0.305 e. The first-order valence-electron chi connectivity index (χ1n) is 5.61. The second kappa shape index (κ2) is 4.25. The summed E-state index contributed by atoms with van der Waals surface area (Å²) in [5.41, 5.74) is 2.30. The van der Waals surface area contributed by atoms with Crippen molar-refractivity contribution in [3.8, 4) is 0 Å². The molecule has 0 radical (unpaired) electrons. The largest absolute Gasteiger partial charge is 0.481 e. The van der Waals surface area contributed by atoms with Crippen molar-refractivity contribution in [1.82, 2.24) is 4.90 Å². The summed E-state index contributed by atoms with van der Waals surface area (Å²) < 4.78 is 0. The minimum Gasteiger partial charge on any atom is -0.481 e. The minimum atomic E-state index is -1.03. The Hall–Kier alpha value is -2.17. The summed E-state index contributed by atoms with van der Waals surface area (Å²) in [5, 5.41) is 8.62. The van der Waals surface area contributed by atoms with Crippen LogP contribution in [0.1, 0.15) is 38.3 Å². The normalized spacial score (nSPS) is 14.0. The van der Waals surface area contributed by atoms with Crippen LogP contribution in [0, 0.1) is 13.8 Å². The predicted octanol–water partition coefficient (Wildman–Crippen LogP) is 1.37. The second-order valence-corrected chi connectivity index (χ2v) is 4.36. The van der Waals surface area contributed by atoms with Crippen molar-refractivity contribution in [2.75, 3.05) is 6.54 Å². The molecule has 0 saturated heterocycles. The second-order valence-electron chi connectivity index (χ2n) is 4.36. The quantitative estimate of drug-likeness (QED) is 0.819. The number of aliphatic carboxylic acids is 1. The van der Waals surface area contributed by atoms with Crippen molar-refractivity contribution in [2.45, 2.75) is 20.3 Å². The first-order chi connectivity index (χ1) is 8.43. The Morgan fingerprint density at radius 1 is 1.11 bits per heavy atom. The molecule has 2 amide bonds. The van der Waals surface area contributed by atoms with E-state index in [4.69, 9.17) is 5.11 Å². The van der Waals surface area contributed by atoms with Crippen LogP contribution < -0.4 is 0 Å². The number of hydrogen-bond donors (Lipinski definition) is 1. The third kappa shape index (κ3) is 1.77. The first kappa shape index (κ1) is 12.3. The molecule has 0 atom stereocenters. The number of carboxylic acids is 1. The van der Waals surface area contributed by atoms with E-state index in [1.165, 1.54) is 0 Å². The van der Waals surface area contributed by atoms with Crippen molar-refractivity contribution < 1.29 is 19.5 Å². The van der Waals surface area contributed by atoms with Crippen LogP contribution in [-0.4, -0.2) is 34.3 Å². The number of aryl methyl sites for hydroxylation is 2. The van der Waals surface area contributed by atoms with Crippen LogP contribution in [0.5, 0.6) is 0 Å². The van der Waals surface area contributed by atoms with Gasteiger partial charge in [-0.05, 0) is 25.0 Å². The molecule has 5 heteroatoms. The van der Waals surface area contributed by atoms with Crippen LogP contribution in [0.3, 0.4) is 0 Å². The number of rotatable bonds is 3. The Morgan fingerprint density at radius 3 is 1.94 bits per heavy atom. The molecule has 1 aromatic carbocycles. The molecule has 0 fully saturated rings. The van der Waals surface area contributed by atoms with E-state index in [0.29, 0.717) is 11.1 Å². The zero-order valence-electron chi connectivity index (χ0n) is 10.2. The van der Waals surface area contributed by atoms with Crippen LogP contribution in [-0.2, 0) is 4.79 Å². The molecule has 0 aliphatic carbocycles. The molecule has 0 spiro atoms. The zero-order chi connectivity index (χ0) is 13.4. The minimum absolute atomic E-state index is 0.0828. The third-order valence-corrected chi connectivity index (χ3v) is 3.09. The van der Waals surface area contributed by atoms with E-state index in [1.54, 1.807) is 26.0 Å². The van der Waals surface area contributed by atoms with E-state index >= 15 is 0 Å². The molecular weight excluding hydrogens is 234 g/mol.